The number of aromatic nitrogens is 7. The smallest absolute Gasteiger partial charge is 0.165 e. The minimum atomic E-state index is -0.312. The van der Waals surface area contributed by atoms with Crippen molar-refractivity contribution in [2.45, 2.75) is 50.0 Å². The van der Waals surface area contributed by atoms with E-state index in [-0.39, 0.29) is 5.54 Å². The van der Waals surface area contributed by atoms with Crippen molar-refractivity contribution in [3.8, 4) is 22.8 Å². The number of fused-ring (bicyclic) bond motifs is 1. The predicted octanol–water partition coefficient (Wildman–Crippen LogP) is 2.61. The van der Waals surface area contributed by atoms with Crippen LogP contribution in [0.25, 0.3) is 33.8 Å². The average molecular weight is 474 g/mol. The molecule has 180 valence electrons. The second-order valence-corrected chi connectivity index (χ2v) is 10.1. The van der Waals surface area contributed by atoms with Gasteiger partial charge in [-0.15, -0.1) is 0 Å². The van der Waals surface area contributed by atoms with E-state index in [9.17, 15) is 0 Å². The molecule has 0 aromatic carbocycles. The molecule has 2 aliphatic heterocycles. The van der Waals surface area contributed by atoms with Gasteiger partial charge in [0.1, 0.15) is 29.1 Å². The lowest BCUT2D eigenvalue weighted by molar-refractivity contribution is -0.0936. The Morgan fingerprint density at radius 2 is 1.77 bits per heavy atom. The molecule has 1 saturated carbocycles. The van der Waals surface area contributed by atoms with Gasteiger partial charge in [0.25, 0.3) is 0 Å². The Kier molecular flexibility index (Phi) is 4.65. The highest BCUT2D eigenvalue weighted by Gasteiger charge is 2.41. The van der Waals surface area contributed by atoms with Crippen molar-refractivity contribution in [3.05, 3.63) is 30.0 Å². The van der Waals surface area contributed by atoms with Crippen LogP contribution in [0.15, 0.2) is 23.2 Å². The molecular formula is C24H27N9O2. The van der Waals surface area contributed by atoms with Gasteiger partial charge in [-0.2, -0.15) is 5.10 Å². The molecule has 0 unspecified atom stereocenters. The molecule has 6 heterocycles. The van der Waals surface area contributed by atoms with Crippen LogP contribution in [0.4, 0.5) is 5.82 Å². The van der Waals surface area contributed by atoms with Crippen molar-refractivity contribution in [1.82, 2.24) is 40.2 Å². The van der Waals surface area contributed by atoms with Crippen LogP contribution in [-0.2, 0) is 10.3 Å². The number of nitrogen functional groups attached to an aromatic ring is 1. The molecule has 11 nitrogen and oxygen atoms in total. The van der Waals surface area contributed by atoms with Crippen molar-refractivity contribution >= 4 is 16.9 Å². The third kappa shape index (κ3) is 3.33. The lowest BCUT2D eigenvalue weighted by Gasteiger charge is -2.38. The first-order valence-corrected chi connectivity index (χ1v) is 12.2. The Hall–Kier alpha value is -3.44. The van der Waals surface area contributed by atoms with Gasteiger partial charge in [0, 0.05) is 18.3 Å². The number of nitrogens with two attached hydrogens (primary N) is 1. The van der Waals surface area contributed by atoms with Gasteiger partial charge in [-0.1, -0.05) is 5.16 Å². The molecule has 11 heteroatoms. The summed E-state index contributed by atoms with van der Waals surface area (Å²) in [5.41, 5.74) is 9.82. The number of ether oxygens (including phenoxy) is 1. The molecule has 1 aliphatic carbocycles. The van der Waals surface area contributed by atoms with Gasteiger partial charge < -0.3 is 20.3 Å². The fourth-order valence-corrected chi connectivity index (χ4v) is 5.17. The SMILES string of the molecule is CC1(n2nc(-c3noc(C4CC4)c3-c3ncc(C4CCNCC4)cn3)c3c(N)ncnc32)COC1. The zero-order chi connectivity index (χ0) is 23.6. The fourth-order valence-electron chi connectivity index (χ4n) is 5.17. The van der Waals surface area contributed by atoms with Gasteiger partial charge in [-0.05, 0) is 57.2 Å². The van der Waals surface area contributed by atoms with Crippen LogP contribution in [0.3, 0.4) is 0 Å². The second kappa shape index (κ2) is 7.79. The van der Waals surface area contributed by atoms with Crippen LogP contribution in [0.1, 0.15) is 55.8 Å². The Bertz CT molecular complexity index is 1400. The van der Waals surface area contributed by atoms with E-state index in [2.05, 4.69) is 27.4 Å². The highest BCUT2D eigenvalue weighted by atomic mass is 16.5. The summed E-state index contributed by atoms with van der Waals surface area (Å²) in [6, 6.07) is 0. The summed E-state index contributed by atoms with van der Waals surface area (Å²) >= 11 is 0. The number of hydrogen-bond donors (Lipinski definition) is 2. The standard InChI is InChI=1S/C24H27N9O2/c1-24(10-34-11-24)33-23-17(21(25)29-12-30-23)18(31-33)19-16(20(35-32-19)14-2-3-14)22-27-8-15(9-28-22)13-4-6-26-7-5-13/h8-9,12-14,26H,2-7,10-11H2,1H3,(H2,25,29,30). The topological polar surface area (TPSA) is 143 Å². The molecule has 4 aromatic heterocycles. The molecule has 4 aromatic rings. The number of hydrogen-bond acceptors (Lipinski definition) is 10. The maximum absolute atomic E-state index is 6.35. The third-order valence-electron chi connectivity index (χ3n) is 7.43. The lowest BCUT2D eigenvalue weighted by atomic mass is 9.92. The highest BCUT2D eigenvalue weighted by molar-refractivity contribution is 6.00. The van der Waals surface area contributed by atoms with Crippen molar-refractivity contribution < 1.29 is 9.26 Å². The number of anilines is 1. The van der Waals surface area contributed by atoms with E-state index in [1.807, 2.05) is 17.1 Å². The van der Waals surface area contributed by atoms with E-state index in [4.69, 9.17) is 30.1 Å². The van der Waals surface area contributed by atoms with E-state index in [0.717, 1.165) is 50.1 Å². The molecule has 35 heavy (non-hydrogen) atoms. The summed E-state index contributed by atoms with van der Waals surface area (Å²) in [6.07, 6.45) is 9.68. The van der Waals surface area contributed by atoms with Gasteiger partial charge in [0.2, 0.25) is 0 Å². The summed E-state index contributed by atoms with van der Waals surface area (Å²) in [5, 5.41) is 13.5. The first-order chi connectivity index (χ1) is 17.1. The van der Waals surface area contributed by atoms with Crippen LogP contribution in [-0.4, -0.2) is 61.2 Å². The molecule has 0 radical (unpaired) electrons. The lowest BCUT2D eigenvalue weighted by Crippen LogP contribution is -2.49. The molecule has 7 rings (SSSR count). The van der Waals surface area contributed by atoms with Gasteiger partial charge in [-0.25, -0.2) is 24.6 Å². The molecule has 0 atom stereocenters. The Labute approximate surface area is 201 Å². The van der Waals surface area contributed by atoms with Gasteiger partial charge in [-0.3, -0.25) is 0 Å². The second-order valence-electron chi connectivity index (χ2n) is 10.1. The Balaban J connectivity index is 1.38. The van der Waals surface area contributed by atoms with E-state index in [1.54, 1.807) is 0 Å². The third-order valence-corrected chi connectivity index (χ3v) is 7.43. The van der Waals surface area contributed by atoms with Crippen molar-refractivity contribution in [1.29, 1.82) is 0 Å². The first-order valence-electron chi connectivity index (χ1n) is 12.2. The zero-order valence-electron chi connectivity index (χ0n) is 19.6. The van der Waals surface area contributed by atoms with Crippen molar-refractivity contribution in [3.63, 3.8) is 0 Å². The highest BCUT2D eigenvalue weighted by Crippen LogP contribution is 2.48. The fraction of sp³-hybridized carbons (Fsp3) is 0.500. The van der Waals surface area contributed by atoms with Crippen LogP contribution < -0.4 is 11.1 Å². The Morgan fingerprint density at radius 1 is 1.00 bits per heavy atom. The monoisotopic (exact) mass is 473 g/mol. The van der Waals surface area contributed by atoms with E-state index in [1.165, 1.54) is 11.9 Å². The minimum Gasteiger partial charge on any atom is -0.383 e. The largest absolute Gasteiger partial charge is 0.383 e. The maximum atomic E-state index is 6.35. The summed E-state index contributed by atoms with van der Waals surface area (Å²) in [6.45, 7) is 5.24. The van der Waals surface area contributed by atoms with E-state index < -0.39 is 0 Å². The van der Waals surface area contributed by atoms with Crippen molar-refractivity contribution in [2.75, 3.05) is 32.0 Å². The van der Waals surface area contributed by atoms with Crippen LogP contribution in [0, 0.1) is 0 Å². The van der Waals surface area contributed by atoms with Gasteiger partial charge >= 0.3 is 0 Å². The summed E-state index contributed by atoms with van der Waals surface area (Å²) in [5.74, 6) is 2.56. The predicted molar refractivity (Wildman–Crippen MR) is 128 cm³/mol. The molecule has 3 fully saturated rings. The Morgan fingerprint density at radius 3 is 2.46 bits per heavy atom. The quantitative estimate of drug-likeness (QED) is 0.444. The molecule has 3 aliphatic rings. The van der Waals surface area contributed by atoms with Crippen LogP contribution in [0.2, 0.25) is 0 Å². The van der Waals surface area contributed by atoms with E-state index >= 15 is 0 Å². The normalized spacial score (nSPS) is 20.3. The van der Waals surface area contributed by atoms with Gasteiger partial charge in [0.15, 0.2) is 17.2 Å². The summed E-state index contributed by atoms with van der Waals surface area (Å²) in [4.78, 5) is 18.3. The summed E-state index contributed by atoms with van der Waals surface area (Å²) < 4.78 is 13.3. The molecule has 0 bridgehead atoms. The minimum absolute atomic E-state index is 0.312. The number of rotatable bonds is 5. The number of piperidine rings is 1. The van der Waals surface area contributed by atoms with E-state index in [0.29, 0.717) is 59.1 Å². The van der Waals surface area contributed by atoms with Crippen molar-refractivity contribution in [2.24, 2.45) is 0 Å². The van der Waals surface area contributed by atoms with Crippen LogP contribution in [0.5, 0.6) is 0 Å². The number of nitrogens with zero attached hydrogens (tertiary/aromatic N) is 7. The first kappa shape index (κ1) is 20.9. The molecule has 2 saturated heterocycles. The molecule has 3 N–H and O–H groups in total. The van der Waals surface area contributed by atoms with Gasteiger partial charge in [0.05, 0.1) is 24.2 Å². The zero-order valence-corrected chi connectivity index (χ0v) is 19.6. The van der Waals surface area contributed by atoms with Crippen LogP contribution >= 0.6 is 0 Å². The number of nitrogens with one attached hydrogen (secondary N) is 1. The maximum Gasteiger partial charge on any atom is 0.165 e. The average Bonchev–Trinajstić information content (AvgIpc) is 3.50. The summed E-state index contributed by atoms with van der Waals surface area (Å²) in [7, 11) is 0. The molecule has 0 amide bonds. The molecule has 0 spiro atoms. The molecular weight excluding hydrogens is 446 g/mol.